The second-order valence-electron chi connectivity index (χ2n) is 5.57. The first-order valence-corrected chi connectivity index (χ1v) is 7.18. The first kappa shape index (κ1) is 17.8. The van der Waals surface area contributed by atoms with Crippen molar-refractivity contribution in [2.24, 2.45) is 16.6 Å². The summed E-state index contributed by atoms with van der Waals surface area (Å²) in [5, 5.41) is 4.48. The summed E-state index contributed by atoms with van der Waals surface area (Å²) in [4.78, 5) is 7.72. The molecule has 21 heavy (non-hydrogen) atoms. The normalized spacial score (nSPS) is 11.7. The van der Waals surface area contributed by atoms with Gasteiger partial charge >= 0.3 is 0 Å². The summed E-state index contributed by atoms with van der Waals surface area (Å²) >= 11 is 0. The van der Waals surface area contributed by atoms with Gasteiger partial charge in [0.15, 0.2) is 5.96 Å². The van der Waals surface area contributed by atoms with E-state index in [1.807, 2.05) is 0 Å². The van der Waals surface area contributed by atoms with Crippen LogP contribution in [-0.2, 0) is 6.42 Å². The number of aromatic amines is 1. The van der Waals surface area contributed by atoms with Crippen molar-refractivity contribution in [3.05, 3.63) is 35.5 Å². The van der Waals surface area contributed by atoms with Crippen LogP contribution in [0.15, 0.2) is 29.3 Å². The number of H-pyrrole nitrogens is 1. The Balaban J connectivity index is 0.00000220. The number of guanidine groups is 1. The molecule has 0 aliphatic carbocycles. The number of rotatable bonds is 5. The van der Waals surface area contributed by atoms with E-state index in [1.54, 1.807) is 0 Å². The number of aromatic nitrogens is 1. The molecule has 1 aromatic heterocycles. The Labute approximate surface area is 143 Å². The highest BCUT2D eigenvalue weighted by Gasteiger charge is 2.07. The number of para-hydroxylation sites is 1. The highest BCUT2D eigenvalue weighted by Crippen LogP contribution is 2.21. The lowest BCUT2D eigenvalue weighted by molar-refractivity contribution is 0.661. The first-order valence-electron chi connectivity index (χ1n) is 7.18. The third-order valence-electron chi connectivity index (χ3n) is 3.33. The molecule has 0 fully saturated rings. The molecule has 0 saturated heterocycles. The minimum Gasteiger partial charge on any atom is -0.370 e. The molecule has 0 spiro atoms. The van der Waals surface area contributed by atoms with Crippen molar-refractivity contribution >= 4 is 40.8 Å². The van der Waals surface area contributed by atoms with Gasteiger partial charge in [-0.05, 0) is 30.9 Å². The number of benzene rings is 1. The molecule has 0 bridgehead atoms. The molecule has 4 nitrogen and oxygen atoms in total. The Kier molecular flexibility index (Phi) is 7.01. The highest BCUT2D eigenvalue weighted by atomic mass is 127. The van der Waals surface area contributed by atoms with Crippen LogP contribution >= 0.6 is 24.0 Å². The number of fused-ring (bicyclic) bond motifs is 1. The van der Waals surface area contributed by atoms with Gasteiger partial charge in [0.1, 0.15) is 0 Å². The van der Waals surface area contributed by atoms with Gasteiger partial charge in [0.05, 0.1) is 0 Å². The van der Waals surface area contributed by atoms with Gasteiger partial charge in [0.25, 0.3) is 0 Å². The van der Waals surface area contributed by atoms with E-state index >= 15 is 0 Å². The summed E-state index contributed by atoms with van der Waals surface area (Å²) in [6.07, 6.45) is 0.938. The molecule has 0 aliphatic heterocycles. The van der Waals surface area contributed by atoms with Crippen molar-refractivity contribution in [3.63, 3.8) is 0 Å². The second-order valence-corrected chi connectivity index (χ2v) is 5.57. The molecule has 0 amide bonds. The summed E-state index contributed by atoms with van der Waals surface area (Å²) in [6, 6.07) is 8.39. The summed E-state index contributed by atoms with van der Waals surface area (Å²) < 4.78 is 0. The molecule has 116 valence electrons. The molecular weight excluding hydrogens is 375 g/mol. The van der Waals surface area contributed by atoms with Gasteiger partial charge in [0.2, 0.25) is 0 Å². The summed E-state index contributed by atoms with van der Waals surface area (Å²) in [6.45, 7) is 7.95. The number of hydrogen-bond donors (Lipinski definition) is 3. The predicted octanol–water partition coefficient (Wildman–Crippen LogP) is 3.20. The molecule has 0 saturated carbocycles. The van der Waals surface area contributed by atoms with Gasteiger partial charge in [-0.15, -0.1) is 24.0 Å². The Bertz CT molecular complexity index is 601. The van der Waals surface area contributed by atoms with Crippen molar-refractivity contribution in [1.29, 1.82) is 0 Å². The molecule has 0 radical (unpaired) electrons. The number of hydrogen-bond acceptors (Lipinski definition) is 1. The molecular formula is C16H25IN4. The van der Waals surface area contributed by atoms with Crippen LogP contribution in [0.3, 0.4) is 0 Å². The smallest absolute Gasteiger partial charge is 0.188 e. The third kappa shape index (κ3) is 4.91. The molecule has 2 aromatic rings. The van der Waals surface area contributed by atoms with Crippen LogP contribution in [0.2, 0.25) is 0 Å². The van der Waals surface area contributed by atoms with Crippen LogP contribution in [0.4, 0.5) is 0 Å². The lowest BCUT2D eigenvalue weighted by atomic mass is 10.1. The van der Waals surface area contributed by atoms with Crippen LogP contribution in [0, 0.1) is 12.8 Å². The van der Waals surface area contributed by atoms with Crippen molar-refractivity contribution in [2.75, 3.05) is 13.1 Å². The SMILES string of the molecule is Cc1[nH]c2ccccc2c1CCNC(N)=NCC(C)C.I. The van der Waals surface area contributed by atoms with Crippen LogP contribution in [-0.4, -0.2) is 24.0 Å². The maximum atomic E-state index is 5.84. The molecule has 0 atom stereocenters. The fraction of sp³-hybridized carbons (Fsp3) is 0.438. The molecule has 1 heterocycles. The van der Waals surface area contributed by atoms with E-state index in [0.717, 1.165) is 19.5 Å². The minimum atomic E-state index is 0. The standard InChI is InChI=1S/C16H24N4.HI/c1-11(2)10-19-16(17)18-9-8-13-12(3)20-15-7-5-4-6-14(13)15;/h4-7,11,20H,8-10H2,1-3H3,(H3,17,18,19);1H. The van der Waals surface area contributed by atoms with Crippen molar-refractivity contribution in [1.82, 2.24) is 10.3 Å². The average Bonchev–Trinajstić information content (AvgIpc) is 2.73. The van der Waals surface area contributed by atoms with Gasteiger partial charge in [0, 0.05) is 29.7 Å². The van der Waals surface area contributed by atoms with E-state index in [1.165, 1.54) is 22.2 Å². The van der Waals surface area contributed by atoms with Crippen molar-refractivity contribution in [3.8, 4) is 0 Å². The summed E-state index contributed by atoms with van der Waals surface area (Å²) in [5.41, 5.74) is 9.62. The monoisotopic (exact) mass is 400 g/mol. The van der Waals surface area contributed by atoms with Crippen LogP contribution < -0.4 is 11.1 Å². The van der Waals surface area contributed by atoms with Gasteiger partial charge in [-0.2, -0.15) is 0 Å². The predicted molar refractivity (Wildman–Crippen MR) is 101 cm³/mol. The zero-order valence-electron chi connectivity index (χ0n) is 12.9. The van der Waals surface area contributed by atoms with Crippen molar-refractivity contribution in [2.45, 2.75) is 27.2 Å². The van der Waals surface area contributed by atoms with Crippen LogP contribution in [0.5, 0.6) is 0 Å². The van der Waals surface area contributed by atoms with E-state index < -0.39 is 0 Å². The van der Waals surface area contributed by atoms with Gasteiger partial charge in [-0.3, -0.25) is 4.99 Å². The summed E-state index contributed by atoms with van der Waals surface area (Å²) in [7, 11) is 0. The lowest BCUT2D eigenvalue weighted by Gasteiger charge is -2.07. The number of nitrogens with one attached hydrogen (secondary N) is 2. The van der Waals surface area contributed by atoms with Crippen LogP contribution in [0.1, 0.15) is 25.1 Å². The number of aliphatic imine (C=N–C) groups is 1. The number of halogens is 1. The molecule has 4 N–H and O–H groups in total. The number of aryl methyl sites for hydroxylation is 1. The fourth-order valence-corrected chi connectivity index (χ4v) is 2.31. The molecule has 2 rings (SSSR count). The number of nitrogens with two attached hydrogens (primary N) is 1. The first-order chi connectivity index (χ1) is 9.58. The van der Waals surface area contributed by atoms with E-state index in [-0.39, 0.29) is 24.0 Å². The fourth-order valence-electron chi connectivity index (χ4n) is 2.31. The molecule has 1 aromatic carbocycles. The Morgan fingerprint density at radius 1 is 1.33 bits per heavy atom. The van der Waals surface area contributed by atoms with E-state index in [4.69, 9.17) is 5.73 Å². The molecule has 5 heteroatoms. The lowest BCUT2D eigenvalue weighted by Crippen LogP contribution is -2.33. The topological polar surface area (TPSA) is 66.2 Å². The minimum absolute atomic E-state index is 0. The highest BCUT2D eigenvalue weighted by molar-refractivity contribution is 14.0. The van der Waals surface area contributed by atoms with E-state index in [9.17, 15) is 0 Å². The molecule has 0 unspecified atom stereocenters. The second kappa shape index (κ2) is 8.26. The Morgan fingerprint density at radius 3 is 2.76 bits per heavy atom. The Morgan fingerprint density at radius 2 is 2.05 bits per heavy atom. The Hall–Kier alpha value is -1.24. The van der Waals surface area contributed by atoms with Gasteiger partial charge < -0.3 is 16.0 Å². The van der Waals surface area contributed by atoms with Gasteiger partial charge in [-0.25, -0.2) is 0 Å². The maximum Gasteiger partial charge on any atom is 0.188 e. The zero-order valence-corrected chi connectivity index (χ0v) is 15.3. The summed E-state index contributed by atoms with van der Waals surface area (Å²) in [5.74, 6) is 1.07. The number of nitrogens with zero attached hydrogens (tertiary/aromatic N) is 1. The van der Waals surface area contributed by atoms with E-state index in [0.29, 0.717) is 11.9 Å². The third-order valence-corrected chi connectivity index (χ3v) is 3.33. The van der Waals surface area contributed by atoms with E-state index in [2.05, 4.69) is 60.3 Å². The quantitative estimate of drug-likeness (QED) is 0.410. The molecule has 0 aliphatic rings. The van der Waals surface area contributed by atoms with Gasteiger partial charge in [-0.1, -0.05) is 32.0 Å². The van der Waals surface area contributed by atoms with Crippen molar-refractivity contribution < 1.29 is 0 Å². The zero-order chi connectivity index (χ0) is 14.5. The maximum absolute atomic E-state index is 5.84. The van der Waals surface area contributed by atoms with Crippen LogP contribution in [0.25, 0.3) is 10.9 Å². The largest absolute Gasteiger partial charge is 0.370 e. The average molecular weight is 400 g/mol.